The number of aryl methyl sites for hydroxylation is 2. The summed E-state index contributed by atoms with van der Waals surface area (Å²) in [7, 11) is 0. The molecule has 6 N–H and O–H groups in total. The Morgan fingerprint density at radius 2 is 1.29 bits per heavy atom. The second-order valence-corrected chi connectivity index (χ2v) is 17.5. The Morgan fingerprint density at radius 1 is 0.714 bits per heavy atom. The fraction of sp³-hybridized carbons (Fsp3) is 0.208. The van der Waals surface area contributed by atoms with Gasteiger partial charge in [-0.05, 0) is 87.5 Å². The van der Waals surface area contributed by atoms with Gasteiger partial charge in [-0.15, -0.1) is 0 Å². The van der Waals surface area contributed by atoms with Gasteiger partial charge in [0.15, 0.2) is 0 Å². The van der Waals surface area contributed by atoms with Gasteiger partial charge in [-0.1, -0.05) is 68.8 Å². The number of hydrogen-bond donors (Lipinski definition) is 6. The first kappa shape index (κ1) is 49.5. The number of hydrogen-bond acceptors (Lipinski definition) is 10. The number of pyridine rings is 2. The first-order chi connectivity index (χ1) is 33.5. The Hall–Kier alpha value is -8.41. The number of aliphatic hydroxyl groups is 2. The maximum atomic E-state index is 15.4. The van der Waals surface area contributed by atoms with Crippen LogP contribution in [0.2, 0.25) is 0 Å². The standard InChI is InChI=1S/C53H55FN10O6/c1-8-45(44(54)27-36(4)69-42-21-24-55-25-22-42)58-51(68)60-49-30-47(62-64(49)40-17-11-35(3)12-18-40)53(7,33-66)31-38-28-43(23-26-56-38)70-41-19-13-37(14-20-41)57-50(67)59-48-29-46(52(5,6)32-65)61-63(48)39-15-9-34(2)10-16-39/h8-30,65-66H,4,31-33H2,1-3,5-7H3,(H2,57,59,67)(H2,58,60,68)/b44-27+,45-8+. The highest BCUT2D eigenvalue weighted by molar-refractivity contribution is 5.99. The van der Waals surface area contributed by atoms with Crippen LogP contribution in [0.25, 0.3) is 11.4 Å². The summed E-state index contributed by atoms with van der Waals surface area (Å²) >= 11 is 0. The molecule has 7 rings (SSSR count). The Balaban J connectivity index is 1.03. The van der Waals surface area contributed by atoms with Crippen molar-refractivity contribution in [3.05, 3.63) is 192 Å². The van der Waals surface area contributed by atoms with Crippen LogP contribution < -0.4 is 30.7 Å². The lowest BCUT2D eigenvalue weighted by molar-refractivity contribution is 0.200. The normalized spacial score (nSPS) is 12.7. The number of aliphatic hydroxyl groups excluding tert-OH is 2. The minimum atomic E-state index is -1.00. The van der Waals surface area contributed by atoms with Gasteiger partial charge in [0.2, 0.25) is 0 Å². The number of amides is 4. The van der Waals surface area contributed by atoms with Crippen LogP contribution in [0.4, 0.5) is 31.3 Å². The van der Waals surface area contributed by atoms with Gasteiger partial charge < -0.3 is 30.3 Å². The average Bonchev–Trinajstić information content (AvgIpc) is 3.97. The first-order valence-electron chi connectivity index (χ1n) is 22.3. The largest absolute Gasteiger partial charge is 0.458 e. The van der Waals surface area contributed by atoms with Gasteiger partial charge in [0.1, 0.15) is 40.5 Å². The van der Waals surface area contributed by atoms with Crippen LogP contribution in [0.3, 0.4) is 0 Å². The van der Waals surface area contributed by atoms with E-state index < -0.39 is 28.7 Å². The van der Waals surface area contributed by atoms with E-state index in [9.17, 15) is 19.8 Å². The smallest absolute Gasteiger partial charge is 0.324 e. The lowest BCUT2D eigenvalue weighted by Gasteiger charge is -2.25. The number of rotatable bonds is 18. The van der Waals surface area contributed by atoms with Crippen molar-refractivity contribution in [2.75, 3.05) is 29.2 Å². The monoisotopic (exact) mass is 946 g/mol. The van der Waals surface area contributed by atoms with Gasteiger partial charge >= 0.3 is 12.1 Å². The van der Waals surface area contributed by atoms with E-state index in [2.05, 4.69) is 37.8 Å². The highest BCUT2D eigenvalue weighted by Crippen LogP contribution is 2.33. The molecule has 0 fully saturated rings. The number of carbonyl (C=O) groups excluding carboxylic acids is 2. The number of benzene rings is 3. The van der Waals surface area contributed by atoms with E-state index in [1.807, 2.05) is 83.1 Å². The van der Waals surface area contributed by atoms with Crippen molar-refractivity contribution in [2.45, 2.75) is 58.8 Å². The second kappa shape index (κ2) is 21.7. The predicted octanol–water partition coefficient (Wildman–Crippen LogP) is 10.1. The molecule has 1 atom stereocenters. The van der Waals surface area contributed by atoms with Crippen molar-refractivity contribution in [3.63, 3.8) is 0 Å². The minimum Gasteiger partial charge on any atom is -0.458 e. The number of anilines is 3. The number of halogens is 1. The zero-order valence-electron chi connectivity index (χ0n) is 39.7. The number of aromatic nitrogens is 6. The zero-order chi connectivity index (χ0) is 50.0. The van der Waals surface area contributed by atoms with Crippen molar-refractivity contribution in [1.82, 2.24) is 34.8 Å². The van der Waals surface area contributed by atoms with Crippen LogP contribution in [-0.4, -0.2) is 65.0 Å². The average molecular weight is 947 g/mol. The molecule has 3 aromatic carbocycles. The summed E-state index contributed by atoms with van der Waals surface area (Å²) in [6, 6.07) is 30.9. The number of nitrogens with zero attached hydrogens (tertiary/aromatic N) is 6. The first-order valence-corrected chi connectivity index (χ1v) is 22.3. The highest BCUT2D eigenvalue weighted by atomic mass is 19.1. The molecule has 4 heterocycles. The maximum absolute atomic E-state index is 15.4. The van der Waals surface area contributed by atoms with Crippen LogP contribution in [0.1, 0.15) is 55.9 Å². The predicted molar refractivity (Wildman–Crippen MR) is 267 cm³/mol. The van der Waals surface area contributed by atoms with Crippen LogP contribution in [-0.2, 0) is 17.3 Å². The van der Waals surface area contributed by atoms with Crippen molar-refractivity contribution < 1.29 is 33.7 Å². The zero-order valence-corrected chi connectivity index (χ0v) is 39.7. The second-order valence-electron chi connectivity index (χ2n) is 17.5. The van der Waals surface area contributed by atoms with Crippen LogP contribution in [0.5, 0.6) is 17.2 Å². The molecule has 0 saturated heterocycles. The number of allylic oxidation sites excluding steroid dienone is 3. The summed E-state index contributed by atoms with van der Waals surface area (Å²) < 4.78 is 30.3. The summed E-state index contributed by atoms with van der Waals surface area (Å²) in [4.78, 5) is 35.3. The molecule has 16 nitrogen and oxygen atoms in total. The van der Waals surface area contributed by atoms with Crippen molar-refractivity contribution in [2.24, 2.45) is 0 Å². The summed E-state index contributed by atoms with van der Waals surface area (Å²) in [5, 5.41) is 41.6. The summed E-state index contributed by atoms with van der Waals surface area (Å²) in [5.41, 5.74) is 3.86. The minimum absolute atomic E-state index is 0.00679. The molecule has 0 saturated carbocycles. The molecule has 0 radical (unpaired) electrons. The van der Waals surface area contributed by atoms with E-state index in [0.29, 0.717) is 51.5 Å². The molecule has 17 heteroatoms. The van der Waals surface area contributed by atoms with Gasteiger partial charge in [0.25, 0.3) is 0 Å². The van der Waals surface area contributed by atoms with E-state index >= 15 is 4.39 Å². The molecular formula is C53H55FN10O6. The molecule has 0 bridgehead atoms. The van der Waals surface area contributed by atoms with Crippen LogP contribution >= 0.6 is 0 Å². The molecule has 0 spiro atoms. The van der Waals surface area contributed by atoms with E-state index in [1.165, 1.54) is 18.5 Å². The van der Waals surface area contributed by atoms with Crippen LogP contribution in [0, 0.1) is 13.8 Å². The van der Waals surface area contributed by atoms with Gasteiger partial charge in [0.05, 0.1) is 41.7 Å². The molecular weight excluding hydrogens is 892 g/mol. The van der Waals surface area contributed by atoms with Crippen LogP contribution in [0.15, 0.2) is 164 Å². The molecule has 70 heavy (non-hydrogen) atoms. The quantitative estimate of drug-likeness (QED) is 0.0355. The van der Waals surface area contributed by atoms with Gasteiger partial charge in [-0.3, -0.25) is 20.6 Å². The van der Waals surface area contributed by atoms with Gasteiger partial charge in [-0.25, -0.2) is 23.3 Å². The molecule has 7 aromatic rings. The molecule has 4 aromatic heterocycles. The van der Waals surface area contributed by atoms with E-state index in [1.54, 1.807) is 83.1 Å². The Morgan fingerprint density at radius 3 is 1.87 bits per heavy atom. The van der Waals surface area contributed by atoms with Crippen molar-refractivity contribution in [1.29, 1.82) is 0 Å². The number of carbonyl (C=O) groups is 2. The fourth-order valence-corrected chi connectivity index (χ4v) is 7.02. The number of ether oxygens (including phenoxy) is 2. The Labute approximate surface area is 405 Å². The third-order valence-electron chi connectivity index (χ3n) is 11.2. The lowest BCUT2D eigenvalue weighted by Crippen LogP contribution is -2.30. The third-order valence-corrected chi connectivity index (χ3v) is 11.2. The summed E-state index contributed by atoms with van der Waals surface area (Å²) in [5.74, 6) is 1.30. The third kappa shape index (κ3) is 12.4. The van der Waals surface area contributed by atoms with Crippen molar-refractivity contribution in [3.8, 4) is 28.6 Å². The summed E-state index contributed by atoms with van der Waals surface area (Å²) in [6.45, 7) is 14.4. The fourth-order valence-electron chi connectivity index (χ4n) is 7.02. The molecule has 1 unspecified atom stereocenters. The van der Waals surface area contributed by atoms with Gasteiger partial charge in [0, 0.05) is 71.5 Å². The topological polar surface area (TPSA) is 203 Å². The Kier molecular flexibility index (Phi) is 15.3. The molecule has 0 aliphatic carbocycles. The van der Waals surface area contributed by atoms with E-state index in [0.717, 1.165) is 22.9 Å². The maximum Gasteiger partial charge on any atom is 0.324 e. The Bertz CT molecular complexity index is 3020. The lowest BCUT2D eigenvalue weighted by atomic mass is 9.83. The molecule has 0 aliphatic rings. The van der Waals surface area contributed by atoms with Gasteiger partial charge in [-0.2, -0.15) is 10.2 Å². The van der Waals surface area contributed by atoms with E-state index in [-0.39, 0.29) is 36.9 Å². The number of urea groups is 2. The highest BCUT2D eigenvalue weighted by Gasteiger charge is 2.32. The van der Waals surface area contributed by atoms with Crippen molar-refractivity contribution >= 4 is 29.4 Å². The number of nitrogens with one attached hydrogen (secondary N) is 4. The molecule has 4 amide bonds. The van der Waals surface area contributed by atoms with E-state index in [4.69, 9.17) is 19.7 Å². The molecule has 360 valence electrons. The molecule has 0 aliphatic heterocycles. The summed E-state index contributed by atoms with van der Waals surface area (Å²) in [6.07, 6.45) is 7.35. The SMILES string of the molecule is C=C(/C=C(F)\C(=C/C)NC(=O)Nc1cc(C(C)(CO)Cc2cc(Oc3ccc(NC(=O)Nc4cc(C(C)(C)CO)nn4-c4ccc(C)cc4)cc3)ccn2)nn1-c1ccc(C)cc1)Oc1ccncc1.